The first-order chi connectivity index (χ1) is 10.4. The molecule has 0 aromatic heterocycles. The number of carbonyl (C=O) groups is 2. The second kappa shape index (κ2) is 6.17. The van der Waals surface area contributed by atoms with Gasteiger partial charge in [0.1, 0.15) is 5.70 Å². The van der Waals surface area contributed by atoms with E-state index in [9.17, 15) is 9.59 Å². The van der Waals surface area contributed by atoms with E-state index in [-0.39, 0.29) is 11.9 Å². The lowest BCUT2D eigenvalue weighted by atomic mass is 10.1. The van der Waals surface area contributed by atoms with Gasteiger partial charge in [-0.2, -0.15) is 0 Å². The van der Waals surface area contributed by atoms with Crippen molar-refractivity contribution in [2.45, 2.75) is 0 Å². The summed E-state index contributed by atoms with van der Waals surface area (Å²) in [6.45, 7) is -0.473. The summed E-state index contributed by atoms with van der Waals surface area (Å²) in [6.07, 6.45) is 1.60. The lowest BCUT2D eigenvalue weighted by molar-refractivity contribution is -0.139. The molecule has 3 N–H and O–H groups in total. The van der Waals surface area contributed by atoms with Crippen LogP contribution in [0.25, 0.3) is 6.08 Å². The minimum Gasteiger partial charge on any atom is -0.493 e. The maximum Gasteiger partial charge on any atom is 0.341 e. The smallest absolute Gasteiger partial charge is 0.341 e. The van der Waals surface area contributed by atoms with Crippen molar-refractivity contribution >= 4 is 23.9 Å². The zero-order valence-corrected chi connectivity index (χ0v) is 12.0. The maximum atomic E-state index is 11.7. The molecule has 0 radical (unpaired) electrons. The summed E-state index contributed by atoms with van der Waals surface area (Å²) in [5.74, 6) is -0.797. The highest BCUT2D eigenvalue weighted by molar-refractivity contribution is 6.14. The summed E-state index contributed by atoms with van der Waals surface area (Å²) in [5.41, 5.74) is 0.984. The van der Waals surface area contributed by atoms with E-state index in [4.69, 9.17) is 20.0 Å². The van der Waals surface area contributed by atoms with E-state index in [1.54, 1.807) is 31.3 Å². The zero-order valence-electron chi connectivity index (χ0n) is 12.0. The number of benzene rings is 1. The van der Waals surface area contributed by atoms with Gasteiger partial charge in [-0.1, -0.05) is 6.07 Å². The van der Waals surface area contributed by atoms with Gasteiger partial charge in [0.05, 0.1) is 7.11 Å². The van der Waals surface area contributed by atoms with E-state index < -0.39 is 12.6 Å². The van der Waals surface area contributed by atoms with Crippen molar-refractivity contribution in [1.82, 2.24) is 10.2 Å². The number of hydrogen-bond acceptors (Lipinski definition) is 5. The molecule has 2 rings (SSSR count). The predicted molar refractivity (Wildman–Crippen MR) is 77.7 cm³/mol. The second-order valence-corrected chi connectivity index (χ2v) is 4.48. The molecular formula is C14H15N3O5. The van der Waals surface area contributed by atoms with E-state index in [1.165, 1.54) is 12.0 Å². The first-order valence-corrected chi connectivity index (χ1v) is 6.30. The van der Waals surface area contributed by atoms with Crippen molar-refractivity contribution in [2.75, 3.05) is 20.8 Å². The molecule has 1 aromatic carbocycles. The van der Waals surface area contributed by atoms with Gasteiger partial charge in [0, 0.05) is 7.05 Å². The molecule has 1 fully saturated rings. The van der Waals surface area contributed by atoms with Crippen LogP contribution < -0.4 is 14.8 Å². The molecule has 0 unspecified atom stereocenters. The number of nitrogens with one attached hydrogen (secondary N) is 2. The Bertz CT molecular complexity index is 668. The number of guanidine groups is 1. The SMILES string of the molecule is COc1cc(C=C2C(=O)NC(=N)N2C)ccc1OCC(=O)O. The average molecular weight is 305 g/mol. The number of likely N-dealkylation sites (N-methyl/N-ethyl adjacent to an activating group) is 1. The van der Waals surface area contributed by atoms with Crippen LogP contribution in [0.1, 0.15) is 5.56 Å². The molecule has 1 aliphatic rings. The molecule has 8 heteroatoms. The zero-order chi connectivity index (χ0) is 16.3. The van der Waals surface area contributed by atoms with Gasteiger partial charge < -0.3 is 19.5 Å². The molecule has 0 spiro atoms. The number of carboxylic acids is 1. The highest BCUT2D eigenvalue weighted by Gasteiger charge is 2.26. The van der Waals surface area contributed by atoms with Crippen molar-refractivity contribution in [2.24, 2.45) is 0 Å². The number of carbonyl (C=O) groups excluding carboxylic acids is 1. The number of aliphatic carboxylic acids is 1. The van der Waals surface area contributed by atoms with Crippen LogP contribution in [0.15, 0.2) is 23.9 Å². The van der Waals surface area contributed by atoms with Gasteiger partial charge in [0.15, 0.2) is 18.1 Å². The van der Waals surface area contributed by atoms with Gasteiger partial charge in [0.25, 0.3) is 5.91 Å². The molecule has 1 heterocycles. The molecular weight excluding hydrogens is 290 g/mol. The van der Waals surface area contributed by atoms with Crippen LogP contribution in [-0.4, -0.2) is 48.6 Å². The minimum atomic E-state index is -1.09. The summed E-state index contributed by atoms with van der Waals surface area (Å²) in [7, 11) is 3.04. The first kappa shape index (κ1) is 15.4. The predicted octanol–water partition coefficient (Wildman–Crippen LogP) is 0.496. The monoisotopic (exact) mass is 305 g/mol. The third kappa shape index (κ3) is 3.17. The van der Waals surface area contributed by atoms with E-state index >= 15 is 0 Å². The van der Waals surface area contributed by atoms with Crippen molar-refractivity contribution in [1.29, 1.82) is 5.41 Å². The molecule has 22 heavy (non-hydrogen) atoms. The minimum absolute atomic E-state index is 0.00428. The molecule has 1 aromatic rings. The summed E-state index contributed by atoms with van der Waals surface area (Å²) < 4.78 is 10.3. The third-order valence-corrected chi connectivity index (χ3v) is 3.00. The highest BCUT2D eigenvalue weighted by atomic mass is 16.5. The Morgan fingerprint density at radius 1 is 1.45 bits per heavy atom. The van der Waals surface area contributed by atoms with Gasteiger partial charge in [-0.15, -0.1) is 0 Å². The van der Waals surface area contributed by atoms with Crippen LogP contribution in [0.4, 0.5) is 0 Å². The third-order valence-electron chi connectivity index (χ3n) is 3.00. The van der Waals surface area contributed by atoms with E-state index in [1.807, 2.05) is 0 Å². The van der Waals surface area contributed by atoms with Crippen LogP contribution in [0.5, 0.6) is 11.5 Å². The molecule has 1 saturated heterocycles. The lowest BCUT2D eigenvalue weighted by Crippen LogP contribution is -2.25. The Kier molecular flexibility index (Phi) is 4.31. The summed E-state index contributed by atoms with van der Waals surface area (Å²) in [6, 6.07) is 4.84. The fourth-order valence-corrected chi connectivity index (χ4v) is 1.88. The number of nitrogens with zero attached hydrogens (tertiary/aromatic N) is 1. The quantitative estimate of drug-likeness (QED) is 0.683. The van der Waals surface area contributed by atoms with Crippen LogP contribution in [0.3, 0.4) is 0 Å². The fraction of sp³-hybridized carbons (Fsp3) is 0.214. The molecule has 1 amide bonds. The summed E-state index contributed by atoms with van der Waals surface area (Å²) >= 11 is 0. The first-order valence-electron chi connectivity index (χ1n) is 6.30. The Morgan fingerprint density at radius 3 is 2.73 bits per heavy atom. The van der Waals surface area contributed by atoms with Gasteiger partial charge in [0.2, 0.25) is 5.96 Å². The van der Waals surface area contributed by atoms with E-state index in [2.05, 4.69) is 5.32 Å². The van der Waals surface area contributed by atoms with Crippen molar-refractivity contribution in [3.8, 4) is 11.5 Å². The molecule has 0 saturated carbocycles. The average Bonchev–Trinajstić information content (AvgIpc) is 2.72. The molecule has 8 nitrogen and oxygen atoms in total. The van der Waals surface area contributed by atoms with Gasteiger partial charge in [-0.3, -0.25) is 15.5 Å². The van der Waals surface area contributed by atoms with Crippen LogP contribution in [0.2, 0.25) is 0 Å². The van der Waals surface area contributed by atoms with Gasteiger partial charge in [-0.05, 0) is 23.8 Å². The largest absolute Gasteiger partial charge is 0.493 e. The summed E-state index contributed by atoms with van der Waals surface area (Å²) in [5, 5.41) is 18.6. The molecule has 0 bridgehead atoms. The van der Waals surface area contributed by atoms with Gasteiger partial charge in [-0.25, -0.2) is 4.79 Å². The normalized spacial score (nSPS) is 15.9. The van der Waals surface area contributed by atoms with E-state index in [0.29, 0.717) is 22.8 Å². The number of hydrogen-bond donors (Lipinski definition) is 3. The van der Waals surface area contributed by atoms with Crippen molar-refractivity contribution in [3.63, 3.8) is 0 Å². The summed E-state index contributed by atoms with van der Waals surface area (Å²) in [4.78, 5) is 23.7. The molecule has 0 atom stereocenters. The number of amides is 1. The Labute approximate surface area is 126 Å². The number of rotatable bonds is 5. The van der Waals surface area contributed by atoms with Crippen molar-refractivity contribution in [3.05, 3.63) is 29.5 Å². The molecule has 116 valence electrons. The van der Waals surface area contributed by atoms with Crippen molar-refractivity contribution < 1.29 is 24.2 Å². The lowest BCUT2D eigenvalue weighted by Gasteiger charge is -2.11. The Balaban J connectivity index is 2.28. The standard InChI is InChI=1S/C14H15N3O5/c1-17-9(13(20)16-14(17)15)5-8-3-4-10(11(6-8)21-2)22-7-12(18)19/h3-6H,7H2,1-2H3,(H,18,19)(H2,15,16,20). The van der Waals surface area contributed by atoms with E-state index in [0.717, 1.165) is 0 Å². The van der Waals surface area contributed by atoms with Crippen LogP contribution in [0, 0.1) is 5.41 Å². The number of ether oxygens (including phenoxy) is 2. The topological polar surface area (TPSA) is 112 Å². The van der Waals surface area contributed by atoms with Crippen LogP contribution >= 0.6 is 0 Å². The fourth-order valence-electron chi connectivity index (χ4n) is 1.88. The Morgan fingerprint density at radius 2 is 2.18 bits per heavy atom. The maximum absolute atomic E-state index is 11.7. The highest BCUT2D eigenvalue weighted by Crippen LogP contribution is 2.29. The number of carboxylic acid groups (broad SMARTS) is 1. The second-order valence-electron chi connectivity index (χ2n) is 4.48. The Hall–Kier alpha value is -3.03. The van der Waals surface area contributed by atoms with Gasteiger partial charge >= 0.3 is 5.97 Å². The molecule has 1 aliphatic heterocycles. The molecule has 0 aliphatic carbocycles. The van der Waals surface area contributed by atoms with Crippen LogP contribution in [-0.2, 0) is 9.59 Å². The number of methoxy groups -OCH3 is 1.